The monoisotopic (exact) mass is 387 g/mol. The Morgan fingerprint density at radius 3 is 2.43 bits per heavy atom. The molecule has 7 nitrogen and oxygen atoms in total. The number of anilines is 3. The van der Waals surface area contributed by atoms with Crippen LogP contribution in [0.3, 0.4) is 0 Å². The zero-order valence-corrected chi connectivity index (χ0v) is 15.0. The standard InChI is InChI=1S/C19H19F2N5O2/c1-12(11-27)23-19-25-16(13-6-8-22-9-7-13)10-17(26-19)24-14-2-4-15(5-3-14)28-18(20)21/h2-10,12,18,27H,11H2,1H3,(H2,23,24,25,26)/t12-/m1/s1. The average Bonchev–Trinajstić information content (AvgIpc) is 2.69. The van der Waals surface area contributed by atoms with Crippen molar-refractivity contribution in [1.82, 2.24) is 15.0 Å². The molecule has 0 unspecified atom stereocenters. The Morgan fingerprint density at radius 1 is 1.07 bits per heavy atom. The van der Waals surface area contributed by atoms with Gasteiger partial charge in [0.1, 0.15) is 11.6 Å². The highest BCUT2D eigenvalue weighted by Gasteiger charge is 2.10. The van der Waals surface area contributed by atoms with E-state index in [2.05, 4.69) is 30.3 Å². The molecule has 0 saturated carbocycles. The first kappa shape index (κ1) is 19.4. The molecule has 0 spiro atoms. The van der Waals surface area contributed by atoms with E-state index in [0.717, 1.165) is 5.56 Å². The minimum absolute atomic E-state index is 0.0693. The third-order valence-electron chi connectivity index (χ3n) is 3.70. The predicted molar refractivity (Wildman–Crippen MR) is 102 cm³/mol. The van der Waals surface area contributed by atoms with Crippen LogP contribution < -0.4 is 15.4 Å². The molecule has 0 saturated heterocycles. The maximum absolute atomic E-state index is 12.3. The van der Waals surface area contributed by atoms with Gasteiger partial charge in [0.05, 0.1) is 12.3 Å². The average molecular weight is 387 g/mol. The maximum atomic E-state index is 12.3. The van der Waals surface area contributed by atoms with Crippen LogP contribution in [-0.4, -0.2) is 39.3 Å². The number of nitrogens with zero attached hydrogens (tertiary/aromatic N) is 3. The highest BCUT2D eigenvalue weighted by molar-refractivity contribution is 5.67. The Hall–Kier alpha value is -3.33. The summed E-state index contributed by atoms with van der Waals surface area (Å²) in [5.41, 5.74) is 2.15. The quantitative estimate of drug-likeness (QED) is 0.543. The number of hydrogen-bond donors (Lipinski definition) is 3. The summed E-state index contributed by atoms with van der Waals surface area (Å²) in [7, 11) is 0. The summed E-state index contributed by atoms with van der Waals surface area (Å²) in [5.74, 6) is 0.910. The molecule has 2 aromatic heterocycles. The molecule has 0 fully saturated rings. The van der Waals surface area contributed by atoms with Crippen LogP contribution in [0.25, 0.3) is 11.3 Å². The lowest BCUT2D eigenvalue weighted by Gasteiger charge is -2.14. The molecule has 0 aliphatic heterocycles. The van der Waals surface area contributed by atoms with Crippen LogP contribution in [0, 0.1) is 0 Å². The molecule has 0 aliphatic rings. The first-order valence-corrected chi connectivity index (χ1v) is 8.52. The van der Waals surface area contributed by atoms with Gasteiger partial charge < -0.3 is 20.5 Å². The number of halogens is 2. The summed E-state index contributed by atoms with van der Waals surface area (Å²) in [5, 5.41) is 15.4. The summed E-state index contributed by atoms with van der Waals surface area (Å²) in [4.78, 5) is 12.9. The van der Waals surface area contributed by atoms with Crippen LogP contribution in [0.4, 0.5) is 26.2 Å². The first-order chi connectivity index (χ1) is 13.5. The van der Waals surface area contributed by atoms with Gasteiger partial charge in [0.25, 0.3) is 0 Å². The molecule has 3 rings (SSSR count). The number of aliphatic hydroxyl groups excluding tert-OH is 1. The molecule has 28 heavy (non-hydrogen) atoms. The van der Waals surface area contributed by atoms with E-state index in [-0.39, 0.29) is 18.4 Å². The second-order valence-corrected chi connectivity index (χ2v) is 5.95. The van der Waals surface area contributed by atoms with Crippen molar-refractivity contribution in [2.75, 3.05) is 17.2 Å². The lowest BCUT2D eigenvalue weighted by Crippen LogP contribution is -2.21. The molecule has 1 aromatic carbocycles. The number of benzene rings is 1. The summed E-state index contributed by atoms with van der Waals surface area (Å²) in [6.45, 7) is -1.14. The summed E-state index contributed by atoms with van der Waals surface area (Å²) in [6.07, 6.45) is 3.32. The van der Waals surface area contributed by atoms with Crippen LogP contribution in [-0.2, 0) is 0 Å². The minimum Gasteiger partial charge on any atom is -0.435 e. The van der Waals surface area contributed by atoms with E-state index >= 15 is 0 Å². The lowest BCUT2D eigenvalue weighted by atomic mass is 10.2. The lowest BCUT2D eigenvalue weighted by molar-refractivity contribution is -0.0498. The summed E-state index contributed by atoms with van der Waals surface area (Å²) >= 11 is 0. The fourth-order valence-electron chi connectivity index (χ4n) is 2.38. The van der Waals surface area contributed by atoms with Gasteiger partial charge in [-0.2, -0.15) is 13.8 Å². The van der Waals surface area contributed by atoms with Gasteiger partial charge >= 0.3 is 6.61 Å². The van der Waals surface area contributed by atoms with Crippen LogP contribution >= 0.6 is 0 Å². The zero-order chi connectivity index (χ0) is 19.9. The van der Waals surface area contributed by atoms with E-state index < -0.39 is 6.61 Å². The SMILES string of the molecule is C[C@H](CO)Nc1nc(Nc2ccc(OC(F)F)cc2)cc(-c2ccncc2)n1. The largest absolute Gasteiger partial charge is 0.435 e. The van der Waals surface area contributed by atoms with Gasteiger partial charge in [0.15, 0.2) is 0 Å². The molecular formula is C19H19F2N5O2. The molecule has 0 aliphatic carbocycles. The Morgan fingerprint density at radius 2 is 1.79 bits per heavy atom. The molecule has 0 amide bonds. The van der Waals surface area contributed by atoms with Crippen molar-refractivity contribution in [3.63, 3.8) is 0 Å². The van der Waals surface area contributed by atoms with Crippen LogP contribution in [0.15, 0.2) is 54.9 Å². The number of alkyl halides is 2. The van der Waals surface area contributed by atoms with Crippen LogP contribution in [0.5, 0.6) is 5.75 Å². The Balaban J connectivity index is 1.87. The van der Waals surface area contributed by atoms with Gasteiger partial charge in [-0.05, 0) is 43.3 Å². The molecule has 146 valence electrons. The summed E-state index contributed by atoms with van der Waals surface area (Å²) < 4.78 is 28.9. The number of rotatable bonds is 8. The Kier molecular flexibility index (Phi) is 6.28. The highest BCUT2D eigenvalue weighted by atomic mass is 19.3. The van der Waals surface area contributed by atoms with Crippen molar-refractivity contribution in [3.8, 4) is 17.0 Å². The molecule has 3 N–H and O–H groups in total. The number of hydrogen-bond acceptors (Lipinski definition) is 7. The van der Waals surface area contributed by atoms with E-state index in [1.165, 1.54) is 12.1 Å². The number of ether oxygens (including phenoxy) is 1. The second kappa shape index (κ2) is 9.05. The topological polar surface area (TPSA) is 92.2 Å². The van der Waals surface area contributed by atoms with Gasteiger partial charge in [-0.15, -0.1) is 0 Å². The number of pyridine rings is 1. The van der Waals surface area contributed by atoms with Crippen molar-refractivity contribution in [2.24, 2.45) is 0 Å². The number of nitrogens with one attached hydrogen (secondary N) is 2. The summed E-state index contributed by atoms with van der Waals surface area (Å²) in [6, 6.07) is 11.3. The fourth-order valence-corrected chi connectivity index (χ4v) is 2.38. The van der Waals surface area contributed by atoms with E-state index in [0.29, 0.717) is 23.1 Å². The van der Waals surface area contributed by atoms with E-state index in [9.17, 15) is 13.9 Å². The van der Waals surface area contributed by atoms with Gasteiger partial charge in [-0.25, -0.2) is 4.98 Å². The van der Waals surface area contributed by atoms with Gasteiger partial charge in [0.2, 0.25) is 5.95 Å². The van der Waals surface area contributed by atoms with Crippen LogP contribution in [0.1, 0.15) is 6.92 Å². The fraction of sp³-hybridized carbons (Fsp3) is 0.211. The zero-order valence-electron chi connectivity index (χ0n) is 15.0. The van der Waals surface area contributed by atoms with Crippen molar-refractivity contribution in [3.05, 3.63) is 54.9 Å². The third-order valence-corrected chi connectivity index (χ3v) is 3.70. The molecule has 9 heteroatoms. The molecule has 0 bridgehead atoms. The van der Waals surface area contributed by atoms with Crippen molar-refractivity contribution in [2.45, 2.75) is 19.6 Å². The van der Waals surface area contributed by atoms with Crippen molar-refractivity contribution >= 4 is 17.5 Å². The van der Waals surface area contributed by atoms with E-state index in [1.54, 1.807) is 37.5 Å². The van der Waals surface area contributed by atoms with Crippen LogP contribution in [0.2, 0.25) is 0 Å². The first-order valence-electron chi connectivity index (χ1n) is 8.52. The predicted octanol–water partition coefficient (Wildman–Crippen LogP) is 3.68. The molecular weight excluding hydrogens is 368 g/mol. The van der Waals surface area contributed by atoms with E-state index in [1.807, 2.05) is 12.1 Å². The van der Waals surface area contributed by atoms with Gasteiger partial charge in [-0.3, -0.25) is 4.98 Å². The number of aliphatic hydroxyl groups is 1. The normalized spacial score (nSPS) is 11.9. The van der Waals surface area contributed by atoms with Crippen molar-refractivity contribution in [1.29, 1.82) is 0 Å². The van der Waals surface area contributed by atoms with Crippen molar-refractivity contribution < 1.29 is 18.6 Å². The Labute approximate surface area is 160 Å². The maximum Gasteiger partial charge on any atom is 0.387 e. The Bertz CT molecular complexity index is 895. The van der Waals surface area contributed by atoms with Gasteiger partial charge in [-0.1, -0.05) is 0 Å². The second-order valence-electron chi connectivity index (χ2n) is 5.95. The van der Waals surface area contributed by atoms with E-state index in [4.69, 9.17) is 0 Å². The smallest absolute Gasteiger partial charge is 0.387 e. The third kappa shape index (κ3) is 5.34. The van der Waals surface area contributed by atoms with Gasteiger partial charge in [0, 0.05) is 35.8 Å². The molecule has 0 radical (unpaired) electrons. The molecule has 2 heterocycles. The highest BCUT2D eigenvalue weighted by Crippen LogP contribution is 2.25. The number of aromatic nitrogens is 3. The molecule has 3 aromatic rings. The molecule has 1 atom stereocenters. The minimum atomic E-state index is -2.87.